The molecule has 2 N–H and O–H groups in total. The van der Waals surface area contributed by atoms with Crippen molar-refractivity contribution in [2.75, 3.05) is 13.1 Å². The van der Waals surface area contributed by atoms with Crippen molar-refractivity contribution in [2.45, 2.75) is 85.3 Å². The molecule has 6 nitrogen and oxygen atoms in total. The monoisotopic (exact) mass is 441 g/mol. The van der Waals surface area contributed by atoms with Gasteiger partial charge in [-0.1, -0.05) is 25.5 Å². The van der Waals surface area contributed by atoms with Crippen LogP contribution in [-0.2, 0) is 16.0 Å². The highest BCUT2D eigenvalue weighted by Crippen LogP contribution is 2.38. The van der Waals surface area contributed by atoms with Gasteiger partial charge in [0.1, 0.15) is 5.60 Å². The standard InChI is InChI=1S/C26H39N3O3/c1-17(2)15-22-24-19(20-16-18(3)10-11-21(20)28-24)12-14-29(22)23(30)9-7-8-13-27-25(31)32-26(4,5)6/h10-11,16-17,22,28H,7-9,12-15H2,1-6H3,(H,27,31). The average Bonchev–Trinajstić information content (AvgIpc) is 3.04. The lowest BCUT2D eigenvalue weighted by Gasteiger charge is -2.37. The Bertz CT molecular complexity index is 955. The highest BCUT2D eigenvalue weighted by atomic mass is 16.6. The number of carbonyl (C=O) groups excluding carboxylic acids is 2. The quantitative estimate of drug-likeness (QED) is 0.546. The number of aromatic nitrogens is 1. The van der Waals surface area contributed by atoms with Crippen LogP contribution in [-0.4, -0.2) is 40.6 Å². The highest BCUT2D eigenvalue weighted by Gasteiger charge is 2.33. The van der Waals surface area contributed by atoms with Gasteiger partial charge >= 0.3 is 6.09 Å². The Kier molecular flexibility index (Phi) is 7.52. The molecule has 0 bridgehead atoms. The average molecular weight is 442 g/mol. The Morgan fingerprint density at radius 1 is 1.25 bits per heavy atom. The maximum absolute atomic E-state index is 13.2. The van der Waals surface area contributed by atoms with E-state index in [0.717, 1.165) is 37.7 Å². The van der Waals surface area contributed by atoms with E-state index in [2.05, 4.69) is 54.2 Å². The normalized spacial score (nSPS) is 16.3. The molecule has 3 rings (SSSR count). The topological polar surface area (TPSA) is 74.4 Å². The first-order valence-electron chi connectivity index (χ1n) is 11.9. The number of benzene rings is 1. The van der Waals surface area contributed by atoms with E-state index < -0.39 is 11.7 Å². The van der Waals surface area contributed by atoms with Crippen molar-refractivity contribution in [2.24, 2.45) is 5.92 Å². The Hall–Kier alpha value is -2.50. The number of ether oxygens (including phenoxy) is 1. The van der Waals surface area contributed by atoms with Crippen LogP contribution in [0.15, 0.2) is 18.2 Å². The molecule has 0 saturated heterocycles. The number of alkyl carbamates (subject to hydrolysis) is 1. The summed E-state index contributed by atoms with van der Waals surface area (Å²) in [4.78, 5) is 30.6. The number of rotatable bonds is 7. The summed E-state index contributed by atoms with van der Waals surface area (Å²) >= 11 is 0. The fraction of sp³-hybridized carbons (Fsp3) is 0.615. The fourth-order valence-electron chi connectivity index (χ4n) is 4.52. The summed E-state index contributed by atoms with van der Waals surface area (Å²) in [6.45, 7) is 13.4. The Balaban J connectivity index is 1.61. The predicted octanol–water partition coefficient (Wildman–Crippen LogP) is 5.64. The summed E-state index contributed by atoms with van der Waals surface area (Å²) in [6, 6.07) is 6.64. The number of amides is 2. The van der Waals surface area contributed by atoms with E-state index in [1.807, 2.05) is 20.8 Å². The van der Waals surface area contributed by atoms with E-state index in [0.29, 0.717) is 18.9 Å². The highest BCUT2D eigenvalue weighted by molar-refractivity contribution is 5.86. The summed E-state index contributed by atoms with van der Waals surface area (Å²) in [6.07, 6.45) is 3.44. The van der Waals surface area contributed by atoms with Crippen molar-refractivity contribution in [1.82, 2.24) is 15.2 Å². The molecule has 2 aromatic rings. The number of nitrogens with one attached hydrogen (secondary N) is 2. The number of unbranched alkanes of at least 4 members (excludes halogenated alkanes) is 1. The van der Waals surface area contributed by atoms with Crippen molar-refractivity contribution < 1.29 is 14.3 Å². The minimum atomic E-state index is -0.500. The van der Waals surface area contributed by atoms with E-state index in [4.69, 9.17) is 4.74 Å². The molecule has 1 atom stereocenters. The molecule has 0 aliphatic carbocycles. The molecule has 6 heteroatoms. The van der Waals surface area contributed by atoms with Gasteiger partial charge in [-0.05, 0) is 77.0 Å². The van der Waals surface area contributed by atoms with Crippen LogP contribution >= 0.6 is 0 Å². The lowest BCUT2D eigenvalue weighted by Crippen LogP contribution is -2.40. The molecule has 1 unspecified atom stereocenters. The van der Waals surface area contributed by atoms with E-state index in [1.54, 1.807) is 0 Å². The maximum Gasteiger partial charge on any atom is 0.407 e. The minimum absolute atomic E-state index is 0.0962. The van der Waals surface area contributed by atoms with Crippen molar-refractivity contribution in [3.8, 4) is 0 Å². The number of nitrogens with zero attached hydrogens (tertiary/aromatic N) is 1. The molecule has 0 radical (unpaired) electrons. The first-order valence-corrected chi connectivity index (χ1v) is 11.9. The summed E-state index contributed by atoms with van der Waals surface area (Å²) in [7, 11) is 0. The third kappa shape index (κ3) is 6.05. The second-order valence-corrected chi connectivity index (χ2v) is 10.4. The largest absolute Gasteiger partial charge is 0.444 e. The van der Waals surface area contributed by atoms with Crippen LogP contribution in [0.25, 0.3) is 10.9 Å². The molecule has 0 spiro atoms. The smallest absolute Gasteiger partial charge is 0.407 e. The van der Waals surface area contributed by atoms with Gasteiger partial charge in [-0.25, -0.2) is 4.79 Å². The number of hydrogen-bond donors (Lipinski definition) is 2. The molecule has 1 aliphatic heterocycles. The number of aryl methyl sites for hydroxylation is 1. The molecular weight excluding hydrogens is 402 g/mol. The number of fused-ring (bicyclic) bond motifs is 3. The summed E-state index contributed by atoms with van der Waals surface area (Å²) in [5.41, 5.74) is 4.51. The van der Waals surface area contributed by atoms with Gasteiger partial charge in [0.15, 0.2) is 0 Å². The Morgan fingerprint density at radius 2 is 2.00 bits per heavy atom. The molecule has 0 saturated carbocycles. The fourth-order valence-corrected chi connectivity index (χ4v) is 4.52. The van der Waals surface area contributed by atoms with Crippen LogP contribution in [0.4, 0.5) is 4.79 Å². The van der Waals surface area contributed by atoms with Crippen LogP contribution in [0, 0.1) is 12.8 Å². The zero-order valence-corrected chi connectivity index (χ0v) is 20.5. The van der Waals surface area contributed by atoms with Gasteiger partial charge in [-0.15, -0.1) is 0 Å². The van der Waals surface area contributed by atoms with Crippen LogP contribution < -0.4 is 5.32 Å². The first-order chi connectivity index (χ1) is 15.0. The summed E-state index contributed by atoms with van der Waals surface area (Å²) in [5.74, 6) is 0.695. The van der Waals surface area contributed by atoms with E-state index in [-0.39, 0.29) is 11.9 Å². The zero-order valence-electron chi connectivity index (χ0n) is 20.5. The third-order valence-corrected chi connectivity index (χ3v) is 5.91. The van der Waals surface area contributed by atoms with Crippen LogP contribution in [0.5, 0.6) is 0 Å². The second-order valence-electron chi connectivity index (χ2n) is 10.4. The van der Waals surface area contributed by atoms with Crippen molar-refractivity contribution >= 4 is 22.9 Å². The molecule has 176 valence electrons. The second kappa shape index (κ2) is 9.97. The van der Waals surface area contributed by atoms with Gasteiger partial charge in [-0.3, -0.25) is 4.79 Å². The van der Waals surface area contributed by atoms with E-state index in [9.17, 15) is 9.59 Å². The molecule has 2 amide bonds. The van der Waals surface area contributed by atoms with Gasteiger partial charge < -0.3 is 19.9 Å². The minimum Gasteiger partial charge on any atom is -0.444 e. The van der Waals surface area contributed by atoms with Gasteiger partial charge in [0.25, 0.3) is 0 Å². The van der Waals surface area contributed by atoms with Crippen molar-refractivity contribution in [3.63, 3.8) is 0 Å². The molecule has 1 aliphatic rings. The van der Waals surface area contributed by atoms with Crippen LogP contribution in [0.1, 0.15) is 83.2 Å². The number of H-pyrrole nitrogens is 1. The summed E-state index contributed by atoms with van der Waals surface area (Å²) < 4.78 is 5.25. The zero-order chi connectivity index (χ0) is 23.5. The first kappa shape index (κ1) is 24.1. The molecule has 1 aromatic carbocycles. The maximum atomic E-state index is 13.2. The number of aromatic amines is 1. The Morgan fingerprint density at radius 3 is 2.69 bits per heavy atom. The molecule has 0 fully saturated rings. The molecule has 2 heterocycles. The van der Waals surface area contributed by atoms with Crippen molar-refractivity contribution in [3.05, 3.63) is 35.0 Å². The lowest BCUT2D eigenvalue weighted by atomic mass is 9.91. The Labute approximate surface area is 192 Å². The third-order valence-electron chi connectivity index (χ3n) is 5.91. The van der Waals surface area contributed by atoms with Gasteiger partial charge in [0.2, 0.25) is 5.91 Å². The van der Waals surface area contributed by atoms with E-state index in [1.165, 1.54) is 22.2 Å². The molecule has 1 aromatic heterocycles. The lowest BCUT2D eigenvalue weighted by molar-refractivity contribution is -0.134. The molecular formula is C26H39N3O3. The predicted molar refractivity (Wildman–Crippen MR) is 129 cm³/mol. The van der Waals surface area contributed by atoms with Gasteiger partial charge in [-0.2, -0.15) is 0 Å². The van der Waals surface area contributed by atoms with Gasteiger partial charge in [0.05, 0.1) is 6.04 Å². The number of carbonyl (C=O) groups is 2. The number of hydrogen-bond acceptors (Lipinski definition) is 3. The van der Waals surface area contributed by atoms with E-state index >= 15 is 0 Å². The van der Waals surface area contributed by atoms with Gasteiger partial charge in [0, 0.05) is 36.1 Å². The summed E-state index contributed by atoms with van der Waals surface area (Å²) in [5, 5.41) is 4.07. The van der Waals surface area contributed by atoms with Crippen LogP contribution in [0.2, 0.25) is 0 Å². The van der Waals surface area contributed by atoms with Crippen molar-refractivity contribution in [1.29, 1.82) is 0 Å². The molecule has 32 heavy (non-hydrogen) atoms. The SMILES string of the molecule is Cc1ccc2[nH]c3c(c2c1)CCN(C(=O)CCCCNC(=O)OC(C)(C)C)C3CC(C)C. The van der Waals surface area contributed by atoms with Crippen LogP contribution in [0.3, 0.4) is 0 Å².